The number of carbonyl (C=O) groups is 1. The molecule has 0 aliphatic heterocycles. The maximum atomic E-state index is 11.5. The number of fused-ring (bicyclic) bond motifs is 2. The van der Waals surface area contributed by atoms with Crippen molar-refractivity contribution in [2.45, 2.75) is 27.2 Å². The summed E-state index contributed by atoms with van der Waals surface area (Å²) in [6.45, 7) is 6.65. The molecule has 0 spiro atoms. The van der Waals surface area contributed by atoms with Crippen molar-refractivity contribution in [2.75, 3.05) is 0 Å². The van der Waals surface area contributed by atoms with Crippen LogP contribution < -0.4 is 0 Å². The molecular weight excluding hydrogens is 136 g/mol. The minimum absolute atomic E-state index is 0.367. The van der Waals surface area contributed by atoms with Crippen LogP contribution in [0.4, 0.5) is 0 Å². The number of ketones is 1. The first-order chi connectivity index (χ1) is 5.13. The predicted octanol–water partition coefficient (Wildman–Crippen LogP) is 2.11. The molecule has 0 aromatic rings. The van der Waals surface area contributed by atoms with E-state index in [-0.39, 0.29) is 0 Å². The molecule has 1 nitrogen and oxygen atoms in total. The lowest BCUT2D eigenvalue weighted by Gasteiger charge is -2.28. The fraction of sp³-hybridized carbons (Fsp3) is 0.900. The fourth-order valence-corrected chi connectivity index (χ4v) is 3.06. The first kappa shape index (κ1) is 7.33. The molecule has 0 aromatic carbocycles. The van der Waals surface area contributed by atoms with Crippen LogP contribution in [0.1, 0.15) is 27.2 Å². The molecule has 2 bridgehead atoms. The first-order valence-corrected chi connectivity index (χ1v) is 4.66. The van der Waals surface area contributed by atoms with Gasteiger partial charge in [-0.1, -0.05) is 20.8 Å². The highest BCUT2D eigenvalue weighted by molar-refractivity contribution is 5.87. The Labute approximate surface area is 68.2 Å². The second-order valence-corrected chi connectivity index (χ2v) is 4.42. The Morgan fingerprint density at radius 1 is 1.18 bits per heavy atom. The highest BCUT2D eigenvalue weighted by Gasteiger charge is 2.52. The molecule has 11 heavy (non-hydrogen) atoms. The Hall–Kier alpha value is -0.330. The van der Waals surface area contributed by atoms with Crippen LogP contribution in [0, 0.1) is 29.6 Å². The van der Waals surface area contributed by atoms with E-state index >= 15 is 0 Å². The zero-order valence-electron chi connectivity index (χ0n) is 7.50. The Balaban J connectivity index is 2.28. The summed E-state index contributed by atoms with van der Waals surface area (Å²) >= 11 is 0. The molecular formula is C10H16O. The van der Waals surface area contributed by atoms with Crippen LogP contribution >= 0.6 is 0 Å². The van der Waals surface area contributed by atoms with Crippen LogP contribution in [-0.2, 0) is 4.79 Å². The predicted molar refractivity (Wildman–Crippen MR) is 44.1 cm³/mol. The molecule has 2 aliphatic rings. The number of hydrogen-bond acceptors (Lipinski definition) is 1. The highest BCUT2D eigenvalue weighted by atomic mass is 16.1. The van der Waals surface area contributed by atoms with Gasteiger partial charge in [0.25, 0.3) is 0 Å². The maximum absolute atomic E-state index is 11.5. The molecule has 5 atom stereocenters. The molecule has 0 saturated heterocycles. The molecule has 0 aromatic heterocycles. The second-order valence-electron chi connectivity index (χ2n) is 4.42. The zero-order valence-corrected chi connectivity index (χ0v) is 7.50. The molecule has 1 heteroatoms. The minimum Gasteiger partial charge on any atom is -0.299 e. The summed E-state index contributed by atoms with van der Waals surface area (Å²) in [5.41, 5.74) is 0. The van der Waals surface area contributed by atoms with Gasteiger partial charge in [0.05, 0.1) is 0 Å². The van der Waals surface area contributed by atoms with Crippen molar-refractivity contribution in [3.63, 3.8) is 0 Å². The van der Waals surface area contributed by atoms with Gasteiger partial charge in [-0.15, -0.1) is 0 Å². The molecule has 2 saturated carbocycles. The summed E-state index contributed by atoms with van der Waals surface area (Å²) in [7, 11) is 0. The fourth-order valence-electron chi connectivity index (χ4n) is 3.06. The van der Waals surface area contributed by atoms with Crippen molar-refractivity contribution in [3.05, 3.63) is 0 Å². The number of Topliss-reactive ketones (excluding diaryl/α,β-unsaturated/α-hetero) is 1. The van der Waals surface area contributed by atoms with Crippen LogP contribution in [0.25, 0.3) is 0 Å². The maximum Gasteiger partial charge on any atom is 0.139 e. The molecule has 2 rings (SSSR count). The average molecular weight is 152 g/mol. The molecule has 0 N–H and O–H groups in total. The summed E-state index contributed by atoms with van der Waals surface area (Å²) in [6, 6.07) is 0. The SMILES string of the molecule is CC1C(=O)[C@H]2C[C@@H]1C(C)C2C. The van der Waals surface area contributed by atoms with Gasteiger partial charge in [0.1, 0.15) is 5.78 Å². The third kappa shape index (κ3) is 0.743. The topological polar surface area (TPSA) is 17.1 Å². The second kappa shape index (κ2) is 2.09. The molecule has 3 unspecified atom stereocenters. The lowest BCUT2D eigenvalue weighted by atomic mass is 9.76. The van der Waals surface area contributed by atoms with Gasteiger partial charge in [-0.2, -0.15) is 0 Å². The summed E-state index contributed by atoms with van der Waals surface area (Å²) in [6.07, 6.45) is 1.18. The van der Waals surface area contributed by atoms with Crippen LogP contribution in [0.5, 0.6) is 0 Å². The van der Waals surface area contributed by atoms with Crippen LogP contribution in [0.15, 0.2) is 0 Å². The van der Waals surface area contributed by atoms with E-state index in [9.17, 15) is 4.79 Å². The molecule has 2 fully saturated rings. The van der Waals surface area contributed by atoms with E-state index in [1.165, 1.54) is 6.42 Å². The van der Waals surface area contributed by atoms with E-state index in [1.807, 2.05) is 0 Å². The van der Waals surface area contributed by atoms with Crippen LogP contribution in [0.2, 0.25) is 0 Å². The number of hydrogen-bond donors (Lipinski definition) is 0. The zero-order chi connectivity index (χ0) is 8.17. The Morgan fingerprint density at radius 3 is 2.27 bits per heavy atom. The van der Waals surface area contributed by atoms with Gasteiger partial charge in [0.2, 0.25) is 0 Å². The average Bonchev–Trinajstić information content (AvgIpc) is 2.40. The normalized spacial score (nSPS) is 55.5. The monoisotopic (exact) mass is 152 g/mol. The Morgan fingerprint density at radius 2 is 1.82 bits per heavy atom. The van der Waals surface area contributed by atoms with Gasteiger partial charge < -0.3 is 0 Å². The van der Waals surface area contributed by atoms with Crippen molar-refractivity contribution >= 4 is 5.78 Å². The Bertz CT molecular complexity index is 197. The van der Waals surface area contributed by atoms with Gasteiger partial charge in [-0.3, -0.25) is 4.79 Å². The third-order valence-electron chi connectivity index (χ3n) is 4.12. The molecule has 2 aliphatic carbocycles. The summed E-state index contributed by atoms with van der Waals surface area (Å²) < 4.78 is 0. The van der Waals surface area contributed by atoms with Crippen LogP contribution in [-0.4, -0.2) is 5.78 Å². The van der Waals surface area contributed by atoms with Gasteiger partial charge >= 0.3 is 0 Å². The number of rotatable bonds is 0. The summed E-state index contributed by atoms with van der Waals surface area (Å²) in [5.74, 6) is 3.48. The largest absolute Gasteiger partial charge is 0.299 e. The minimum atomic E-state index is 0.367. The molecule has 62 valence electrons. The van der Waals surface area contributed by atoms with Gasteiger partial charge in [0, 0.05) is 11.8 Å². The smallest absolute Gasteiger partial charge is 0.139 e. The van der Waals surface area contributed by atoms with Gasteiger partial charge in [-0.05, 0) is 24.2 Å². The molecule has 0 radical (unpaired) electrons. The van der Waals surface area contributed by atoms with E-state index in [1.54, 1.807) is 0 Å². The number of carbonyl (C=O) groups excluding carboxylic acids is 1. The van der Waals surface area contributed by atoms with Gasteiger partial charge in [-0.25, -0.2) is 0 Å². The van der Waals surface area contributed by atoms with Crippen LogP contribution in [0.3, 0.4) is 0 Å². The molecule has 0 amide bonds. The van der Waals surface area contributed by atoms with E-state index in [2.05, 4.69) is 20.8 Å². The lowest BCUT2D eigenvalue weighted by molar-refractivity contribution is -0.127. The van der Waals surface area contributed by atoms with Crippen molar-refractivity contribution in [1.29, 1.82) is 0 Å². The van der Waals surface area contributed by atoms with Gasteiger partial charge in [0.15, 0.2) is 0 Å². The standard InChI is InChI=1S/C10H16O/c1-5-6(2)9-4-8(5)7(3)10(9)11/h5-9H,4H2,1-3H3/t5?,6?,7?,8-,9+/m1/s1. The van der Waals surface area contributed by atoms with Crippen molar-refractivity contribution in [3.8, 4) is 0 Å². The van der Waals surface area contributed by atoms with E-state index < -0.39 is 0 Å². The van der Waals surface area contributed by atoms with E-state index in [0.717, 1.165) is 5.92 Å². The lowest BCUT2D eigenvalue weighted by Crippen LogP contribution is -2.30. The van der Waals surface area contributed by atoms with E-state index in [0.29, 0.717) is 29.5 Å². The quantitative estimate of drug-likeness (QED) is 0.519. The summed E-state index contributed by atoms with van der Waals surface area (Å²) in [5, 5.41) is 0. The van der Waals surface area contributed by atoms with Crippen molar-refractivity contribution in [1.82, 2.24) is 0 Å². The first-order valence-electron chi connectivity index (χ1n) is 4.66. The van der Waals surface area contributed by atoms with Crippen molar-refractivity contribution < 1.29 is 4.79 Å². The molecule has 0 heterocycles. The summed E-state index contributed by atoms with van der Waals surface area (Å²) in [4.78, 5) is 11.5. The van der Waals surface area contributed by atoms with Crippen molar-refractivity contribution in [2.24, 2.45) is 29.6 Å². The Kier molecular flexibility index (Phi) is 1.39. The van der Waals surface area contributed by atoms with E-state index in [4.69, 9.17) is 0 Å². The highest BCUT2D eigenvalue weighted by Crippen LogP contribution is 2.52. The third-order valence-corrected chi connectivity index (χ3v) is 4.12.